The normalized spacial score (nSPS) is 14.7. The van der Waals surface area contributed by atoms with E-state index in [0.29, 0.717) is 22.6 Å². The molecule has 0 saturated carbocycles. The zero-order valence-corrected chi connectivity index (χ0v) is 15.8. The summed E-state index contributed by atoms with van der Waals surface area (Å²) in [5.41, 5.74) is -0.0913. The van der Waals surface area contributed by atoms with Crippen molar-refractivity contribution in [1.29, 1.82) is 0 Å². The summed E-state index contributed by atoms with van der Waals surface area (Å²) in [7, 11) is 2.98. The van der Waals surface area contributed by atoms with Crippen LogP contribution in [-0.4, -0.2) is 31.1 Å². The summed E-state index contributed by atoms with van der Waals surface area (Å²) < 4.78 is 10.4. The lowest BCUT2D eigenvalue weighted by Crippen LogP contribution is -2.41. The number of anilines is 2. The first kappa shape index (κ1) is 19.2. The maximum absolute atomic E-state index is 12.6. The Morgan fingerprint density at radius 3 is 2.46 bits per heavy atom. The topological polar surface area (TPSA) is 111 Å². The quantitative estimate of drug-likeness (QED) is 0.635. The number of rotatable bonds is 4. The first-order chi connectivity index (χ1) is 13.1. The standard InChI is InChI=1S/C19H19N3O6/c1-19(2)13-9-14(20-17(23)11-5-7-12(27-4)8-6-11)16(22(25)26)10-15(13)21(3)18(24)28-19/h5-10H,1-4H3,(H,20,23). The molecule has 1 heterocycles. The van der Waals surface area contributed by atoms with Gasteiger partial charge in [0.05, 0.1) is 17.7 Å². The van der Waals surface area contributed by atoms with E-state index >= 15 is 0 Å². The van der Waals surface area contributed by atoms with E-state index in [0.717, 1.165) is 0 Å². The minimum Gasteiger partial charge on any atom is -0.497 e. The molecule has 2 aromatic carbocycles. The molecule has 1 aliphatic heterocycles. The molecule has 1 aliphatic rings. The SMILES string of the molecule is COc1ccc(C(=O)Nc2cc3c(cc2[N+](=O)[O-])N(C)C(=O)OC3(C)C)cc1. The van der Waals surface area contributed by atoms with Crippen LogP contribution in [0.15, 0.2) is 36.4 Å². The number of carbonyl (C=O) groups is 2. The van der Waals surface area contributed by atoms with E-state index in [9.17, 15) is 19.7 Å². The van der Waals surface area contributed by atoms with Crippen LogP contribution in [0.5, 0.6) is 5.75 Å². The van der Waals surface area contributed by atoms with E-state index in [1.54, 1.807) is 38.1 Å². The average Bonchev–Trinajstić information content (AvgIpc) is 2.65. The predicted octanol–water partition coefficient (Wildman–Crippen LogP) is 3.68. The van der Waals surface area contributed by atoms with E-state index in [1.165, 1.54) is 31.2 Å². The summed E-state index contributed by atoms with van der Waals surface area (Å²) in [6.07, 6.45) is -0.609. The van der Waals surface area contributed by atoms with Crippen LogP contribution in [0.4, 0.5) is 21.9 Å². The number of ether oxygens (including phenoxy) is 2. The van der Waals surface area contributed by atoms with Crippen molar-refractivity contribution in [2.75, 3.05) is 24.4 Å². The van der Waals surface area contributed by atoms with Gasteiger partial charge in [-0.15, -0.1) is 0 Å². The van der Waals surface area contributed by atoms with Crippen LogP contribution in [0.3, 0.4) is 0 Å². The van der Waals surface area contributed by atoms with Crippen LogP contribution < -0.4 is 15.0 Å². The zero-order chi connectivity index (χ0) is 20.6. The van der Waals surface area contributed by atoms with Crippen LogP contribution in [-0.2, 0) is 10.3 Å². The maximum atomic E-state index is 12.6. The number of nitrogens with zero attached hydrogens (tertiary/aromatic N) is 2. The van der Waals surface area contributed by atoms with Gasteiger partial charge >= 0.3 is 6.09 Å². The van der Waals surface area contributed by atoms with E-state index in [1.807, 2.05) is 0 Å². The van der Waals surface area contributed by atoms with Crippen molar-refractivity contribution in [3.05, 3.63) is 57.6 Å². The highest BCUT2D eigenvalue weighted by Crippen LogP contribution is 2.43. The number of fused-ring (bicyclic) bond motifs is 1. The van der Waals surface area contributed by atoms with Crippen molar-refractivity contribution < 1.29 is 24.0 Å². The number of nitro benzene ring substituents is 1. The molecule has 1 N–H and O–H groups in total. The van der Waals surface area contributed by atoms with Gasteiger partial charge in [-0.25, -0.2) is 4.79 Å². The molecule has 0 aliphatic carbocycles. The molecule has 146 valence electrons. The summed E-state index contributed by atoms with van der Waals surface area (Å²) in [5.74, 6) is 0.0765. The number of amides is 2. The summed E-state index contributed by atoms with van der Waals surface area (Å²) in [6, 6.07) is 9.08. The molecule has 0 bridgehead atoms. The van der Waals surface area contributed by atoms with E-state index in [-0.39, 0.29) is 11.4 Å². The highest BCUT2D eigenvalue weighted by molar-refractivity contribution is 6.06. The third-order valence-electron chi connectivity index (χ3n) is 4.54. The Hall–Kier alpha value is -3.62. The number of methoxy groups -OCH3 is 1. The molecule has 0 atom stereocenters. The van der Waals surface area contributed by atoms with Crippen LogP contribution >= 0.6 is 0 Å². The summed E-state index contributed by atoms with van der Waals surface area (Å²) in [5, 5.41) is 14.1. The first-order valence-corrected chi connectivity index (χ1v) is 8.39. The van der Waals surface area contributed by atoms with Gasteiger partial charge in [0.1, 0.15) is 17.0 Å². The molecule has 3 rings (SSSR count). The zero-order valence-electron chi connectivity index (χ0n) is 15.8. The highest BCUT2D eigenvalue weighted by atomic mass is 16.6. The van der Waals surface area contributed by atoms with Crippen LogP contribution in [0.2, 0.25) is 0 Å². The van der Waals surface area contributed by atoms with Crippen molar-refractivity contribution in [2.45, 2.75) is 19.4 Å². The fourth-order valence-corrected chi connectivity index (χ4v) is 2.97. The fraction of sp³-hybridized carbons (Fsp3) is 0.263. The van der Waals surface area contributed by atoms with Gasteiger partial charge in [0.15, 0.2) is 0 Å². The molecular weight excluding hydrogens is 366 g/mol. The van der Waals surface area contributed by atoms with Gasteiger partial charge in [-0.05, 0) is 44.2 Å². The molecule has 9 nitrogen and oxygen atoms in total. The van der Waals surface area contributed by atoms with Crippen molar-refractivity contribution in [2.24, 2.45) is 0 Å². The third-order valence-corrected chi connectivity index (χ3v) is 4.54. The van der Waals surface area contributed by atoms with Gasteiger partial charge in [0.2, 0.25) is 0 Å². The molecule has 0 radical (unpaired) electrons. The molecule has 0 aromatic heterocycles. The lowest BCUT2D eigenvalue weighted by atomic mass is 9.93. The number of nitrogens with one attached hydrogen (secondary N) is 1. The van der Waals surface area contributed by atoms with Crippen LogP contribution in [0, 0.1) is 10.1 Å². The van der Waals surface area contributed by atoms with Gasteiger partial charge in [-0.3, -0.25) is 19.8 Å². The molecule has 28 heavy (non-hydrogen) atoms. The monoisotopic (exact) mass is 385 g/mol. The minimum absolute atomic E-state index is 0.0176. The lowest BCUT2D eigenvalue weighted by Gasteiger charge is -2.37. The Labute approximate surface area is 161 Å². The second kappa shape index (κ2) is 6.84. The number of benzene rings is 2. The molecule has 2 amide bonds. The Bertz CT molecular complexity index is 968. The number of nitro groups is 1. The first-order valence-electron chi connectivity index (χ1n) is 8.39. The van der Waals surface area contributed by atoms with Gasteiger partial charge in [0.25, 0.3) is 11.6 Å². The Morgan fingerprint density at radius 2 is 1.89 bits per heavy atom. The molecule has 9 heteroatoms. The van der Waals surface area contributed by atoms with Crippen LogP contribution in [0.1, 0.15) is 29.8 Å². The van der Waals surface area contributed by atoms with E-state index in [4.69, 9.17) is 9.47 Å². The lowest BCUT2D eigenvalue weighted by molar-refractivity contribution is -0.383. The van der Waals surface area contributed by atoms with Crippen LogP contribution in [0.25, 0.3) is 0 Å². The van der Waals surface area contributed by atoms with Crippen molar-refractivity contribution in [1.82, 2.24) is 0 Å². The van der Waals surface area contributed by atoms with Crippen molar-refractivity contribution in [3.63, 3.8) is 0 Å². The van der Waals surface area contributed by atoms with Gasteiger partial charge in [-0.1, -0.05) is 0 Å². The highest BCUT2D eigenvalue weighted by Gasteiger charge is 2.39. The summed E-state index contributed by atoms with van der Waals surface area (Å²) in [6.45, 7) is 3.36. The third kappa shape index (κ3) is 3.34. The van der Waals surface area contributed by atoms with Gasteiger partial charge in [0, 0.05) is 24.2 Å². The van der Waals surface area contributed by atoms with Gasteiger partial charge in [-0.2, -0.15) is 0 Å². The van der Waals surface area contributed by atoms with Crippen molar-refractivity contribution >= 4 is 29.1 Å². The number of hydrogen-bond donors (Lipinski definition) is 1. The number of cyclic esters (lactones) is 1. The Morgan fingerprint density at radius 1 is 1.25 bits per heavy atom. The van der Waals surface area contributed by atoms with E-state index < -0.39 is 22.5 Å². The Balaban J connectivity index is 2.04. The molecule has 0 spiro atoms. The molecular formula is C19H19N3O6. The van der Waals surface area contributed by atoms with Gasteiger partial charge < -0.3 is 14.8 Å². The molecule has 0 fully saturated rings. The molecule has 2 aromatic rings. The average molecular weight is 385 g/mol. The minimum atomic E-state index is -1.01. The molecule has 0 saturated heterocycles. The van der Waals surface area contributed by atoms with E-state index in [2.05, 4.69) is 5.32 Å². The number of hydrogen-bond acceptors (Lipinski definition) is 6. The second-order valence-corrected chi connectivity index (χ2v) is 6.76. The number of carbonyl (C=O) groups excluding carboxylic acids is 2. The molecule has 0 unspecified atom stereocenters. The largest absolute Gasteiger partial charge is 0.497 e. The van der Waals surface area contributed by atoms with Crippen molar-refractivity contribution in [3.8, 4) is 5.75 Å². The summed E-state index contributed by atoms with van der Waals surface area (Å²) >= 11 is 0. The predicted molar refractivity (Wildman–Crippen MR) is 102 cm³/mol. The Kier molecular flexibility index (Phi) is 4.68. The smallest absolute Gasteiger partial charge is 0.414 e. The summed E-state index contributed by atoms with van der Waals surface area (Å²) in [4.78, 5) is 36.7. The fourth-order valence-electron chi connectivity index (χ4n) is 2.97. The maximum Gasteiger partial charge on any atom is 0.414 e. The second-order valence-electron chi connectivity index (χ2n) is 6.76.